The molecule has 0 fully saturated rings. The number of hydrogen-bond acceptors (Lipinski definition) is 10. The van der Waals surface area contributed by atoms with E-state index in [1.165, 1.54) is 165 Å². The fourth-order valence-corrected chi connectivity index (χ4v) is 22.9. The van der Waals surface area contributed by atoms with Crippen LogP contribution in [0.25, 0.3) is 63.0 Å². The van der Waals surface area contributed by atoms with E-state index >= 15 is 0 Å². The molecule has 0 amide bonds. The molecular formula is C96H86N4O2S4. The lowest BCUT2D eigenvalue weighted by Gasteiger charge is -2.36. The Morgan fingerprint density at radius 1 is 0.358 bits per heavy atom. The van der Waals surface area contributed by atoms with Gasteiger partial charge in [-0.05, 0) is 192 Å². The van der Waals surface area contributed by atoms with Crippen LogP contribution in [0.15, 0.2) is 180 Å². The normalized spacial score (nSPS) is 14.8. The molecule has 6 nitrogen and oxygen atoms in total. The SMILES string of the molecule is CCCCCCc1ccc(C2(c3ccc(CCCCCC)cc3)c3cc4c(cc3-c3sc5cc(C=C6C(=O)c7cc(C)ccc7C6=C(C#N)C#N)sc5c32)C(c2ccc(CCCCCC)cc2)(c2ccc(CCCCCC)cc2)c2c-4sc3cc(/C=C4\C(=O)c5cc(C)ccc5C4=C(C#N)C#N)sc23)cc1. The van der Waals surface area contributed by atoms with Gasteiger partial charge in [-0.15, -0.1) is 45.3 Å². The van der Waals surface area contributed by atoms with Crippen LogP contribution in [0.3, 0.4) is 0 Å². The van der Waals surface area contributed by atoms with E-state index in [2.05, 4.69) is 173 Å². The number of carbonyl (C=O) groups excluding carboxylic acids is 2. The van der Waals surface area contributed by atoms with Crippen molar-refractivity contribution in [2.75, 3.05) is 0 Å². The van der Waals surface area contributed by atoms with E-state index in [1.54, 1.807) is 22.7 Å². The van der Waals surface area contributed by atoms with Crippen LogP contribution in [0.1, 0.15) is 250 Å². The number of unbranched alkanes of at least 4 members (excludes halogenated alkanes) is 12. The Labute approximate surface area is 640 Å². The van der Waals surface area contributed by atoms with Crippen molar-refractivity contribution in [3.8, 4) is 45.2 Å². The largest absolute Gasteiger partial charge is 0.289 e. The molecule has 0 unspecified atom stereocenters. The molecule has 15 rings (SSSR count). The molecular weight excluding hydrogens is 1370 g/mol. The van der Waals surface area contributed by atoms with Crippen molar-refractivity contribution < 1.29 is 9.59 Å². The van der Waals surface area contributed by atoms with Crippen molar-refractivity contribution in [2.45, 2.75) is 181 Å². The third-order valence-electron chi connectivity index (χ3n) is 22.7. The van der Waals surface area contributed by atoms with Gasteiger partial charge in [0.05, 0.1) is 20.2 Å². The van der Waals surface area contributed by atoms with E-state index in [9.17, 15) is 30.6 Å². The van der Waals surface area contributed by atoms with Crippen molar-refractivity contribution >= 4 is 99.0 Å². The standard InChI is InChI=1S/C96H86N4O2S4/c1-7-11-15-19-23-61-29-37-67(38-30-61)95(68-39-31-62(32-40-68)24-20-16-12-8-2)81-53-78-82(54-77(81)91-87(95)93-83(105-91)51-71(103-93)49-79-85(65(55-97)56-98)73-45-27-59(5)47-75(73)89(79)101)96(69-41-33-63(34-42-69)25-21-17-13-9-3,70-43-35-64(36-44-70)26-22-18-14-10-4)88-92(78)106-84-52-72(104-94(84)88)50-80-86(66(57-99)58-100)74-46-28-60(6)48-76(74)90(80)102/h27-54H,7-26H2,1-6H3/b79-49-,80-50?. The number of rotatable bonds is 26. The lowest BCUT2D eigenvalue weighted by molar-refractivity contribution is 0.103. The van der Waals surface area contributed by atoms with Gasteiger partial charge in [0.25, 0.3) is 0 Å². The third-order valence-corrected chi connectivity index (χ3v) is 27.5. The first-order valence-corrected chi connectivity index (χ1v) is 41.7. The number of nitrogens with zero attached hydrogens (tertiary/aromatic N) is 4. The molecule has 526 valence electrons. The number of benzene rings is 7. The lowest BCUT2D eigenvalue weighted by Crippen LogP contribution is -2.30. The number of Topliss-reactive ketones (excluding diaryl/α,β-unsaturated/α-hetero) is 2. The summed E-state index contributed by atoms with van der Waals surface area (Å²) < 4.78 is 4.49. The summed E-state index contributed by atoms with van der Waals surface area (Å²) >= 11 is 7.03. The van der Waals surface area contributed by atoms with Gasteiger partial charge < -0.3 is 0 Å². The zero-order valence-corrected chi connectivity index (χ0v) is 64.8. The van der Waals surface area contributed by atoms with Gasteiger partial charge in [0.1, 0.15) is 35.4 Å². The number of aryl methyl sites for hydroxylation is 6. The Kier molecular flexibility index (Phi) is 20.7. The summed E-state index contributed by atoms with van der Waals surface area (Å²) in [6.07, 6.45) is 26.7. The third kappa shape index (κ3) is 12.4. The van der Waals surface area contributed by atoms with Gasteiger partial charge in [-0.25, -0.2) is 0 Å². The second kappa shape index (κ2) is 30.5. The van der Waals surface area contributed by atoms with Crippen molar-refractivity contribution in [2.24, 2.45) is 0 Å². The van der Waals surface area contributed by atoms with E-state index in [1.807, 2.05) is 85.1 Å². The molecule has 0 saturated heterocycles. The minimum absolute atomic E-state index is 0.0778. The van der Waals surface area contributed by atoms with Gasteiger partial charge in [0.15, 0.2) is 11.6 Å². The Balaban J connectivity index is 1.01. The number of ketones is 2. The van der Waals surface area contributed by atoms with Crippen LogP contribution < -0.4 is 0 Å². The lowest BCUT2D eigenvalue weighted by atomic mass is 9.65. The van der Waals surface area contributed by atoms with Crippen LogP contribution in [0.4, 0.5) is 0 Å². The van der Waals surface area contributed by atoms with Gasteiger partial charge in [0.2, 0.25) is 0 Å². The van der Waals surface area contributed by atoms with Crippen LogP contribution in [0.2, 0.25) is 0 Å². The van der Waals surface area contributed by atoms with Crippen LogP contribution in [-0.4, -0.2) is 11.6 Å². The maximum atomic E-state index is 14.8. The molecule has 4 aliphatic carbocycles. The summed E-state index contributed by atoms with van der Waals surface area (Å²) in [5, 5.41) is 42.0. The second-order valence-corrected chi connectivity index (χ2v) is 33.9. The van der Waals surface area contributed by atoms with Crippen molar-refractivity contribution in [1.29, 1.82) is 21.0 Å². The Morgan fingerprint density at radius 3 is 0.962 bits per heavy atom. The van der Waals surface area contributed by atoms with Crippen LogP contribution in [-0.2, 0) is 36.5 Å². The zero-order chi connectivity index (χ0) is 73.4. The highest BCUT2D eigenvalue weighted by Crippen LogP contribution is 2.68. The molecule has 11 aromatic rings. The zero-order valence-electron chi connectivity index (χ0n) is 61.5. The molecule has 0 radical (unpaired) electrons. The second-order valence-electron chi connectivity index (χ2n) is 29.6. The van der Waals surface area contributed by atoms with Crippen LogP contribution in [0.5, 0.6) is 0 Å². The highest BCUT2D eigenvalue weighted by Gasteiger charge is 2.55. The van der Waals surface area contributed by atoms with Gasteiger partial charge in [-0.1, -0.05) is 237 Å². The molecule has 4 heterocycles. The Morgan fingerprint density at radius 2 is 0.670 bits per heavy atom. The monoisotopic (exact) mass is 1450 g/mol. The summed E-state index contributed by atoms with van der Waals surface area (Å²) in [7, 11) is 0. The smallest absolute Gasteiger partial charge is 0.194 e. The highest BCUT2D eigenvalue weighted by atomic mass is 32.1. The maximum absolute atomic E-state index is 14.8. The number of thiophene rings is 4. The molecule has 106 heavy (non-hydrogen) atoms. The predicted octanol–water partition coefficient (Wildman–Crippen LogP) is 26.2. The molecule has 0 atom stereocenters. The predicted molar refractivity (Wildman–Crippen MR) is 442 cm³/mol. The van der Waals surface area contributed by atoms with Crippen LogP contribution in [0, 0.1) is 59.2 Å². The molecule has 4 aliphatic rings. The van der Waals surface area contributed by atoms with E-state index in [0.717, 1.165) is 91.0 Å². The molecule has 0 bridgehead atoms. The van der Waals surface area contributed by atoms with Gasteiger partial charge in [-0.3, -0.25) is 9.59 Å². The first-order chi connectivity index (χ1) is 51.8. The topological polar surface area (TPSA) is 129 Å². The van der Waals surface area contributed by atoms with Gasteiger partial charge in [-0.2, -0.15) is 21.0 Å². The minimum atomic E-state index is -0.843. The Bertz CT molecular complexity index is 5140. The van der Waals surface area contributed by atoms with Crippen molar-refractivity contribution in [3.63, 3.8) is 0 Å². The molecule has 4 aromatic heterocycles. The molecule has 0 N–H and O–H groups in total. The number of allylic oxidation sites excluding steroid dienone is 6. The molecule has 7 aromatic carbocycles. The number of nitriles is 4. The molecule has 0 aliphatic heterocycles. The number of fused-ring (bicyclic) bond motifs is 12. The fourth-order valence-electron chi connectivity index (χ4n) is 17.4. The average molecular weight is 1460 g/mol. The highest BCUT2D eigenvalue weighted by molar-refractivity contribution is 7.31. The van der Waals surface area contributed by atoms with E-state index in [-0.39, 0.29) is 22.7 Å². The fraction of sp³-hybridized carbons (Fsp3) is 0.292. The summed E-state index contributed by atoms with van der Waals surface area (Å²) in [6, 6.07) is 68.1. The first-order valence-electron chi connectivity index (χ1n) is 38.4. The van der Waals surface area contributed by atoms with Crippen LogP contribution >= 0.6 is 45.3 Å². The molecule has 0 spiro atoms. The van der Waals surface area contributed by atoms with Gasteiger partial charge >= 0.3 is 0 Å². The summed E-state index contributed by atoms with van der Waals surface area (Å²) in [5.41, 5.74) is 21.1. The first kappa shape index (κ1) is 71.7. The summed E-state index contributed by atoms with van der Waals surface area (Å²) in [4.78, 5) is 33.8. The average Bonchev–Trinajstić information content (AvgIpc) is 1.49. The number of carbonyl (C=O) groups is 2. The molecule has 0 saturated carbocycles. The summed E-state index contributed by atoms with van der Waals surface area (Å²) in [6.45, 7) is 13.0. The minimum Gasteiger partial charge on any atom is -0.289 e. The molecule has 10 heteroatoms. The van der Waals surface area contributed by atoms with E-state index < -0.39 is 10.8 Å². The maximum Gasteiger partial charge on any atom is 0.194 e. The van der Waals surface area contributed by atoms with Crippen molar-refractivity contribution in [1.82, 2.24) is 0 Å². The van der Waals surface area contributed by atoms with Gasteiger partial charge in [0, 0.05) is 73.5 Å². The van der Waals surface area contributed by atoms with E-state index in [0.29, 0.717) is 44.5 Å². The van der Waals surface area contributed by atoms with E-state index in [4.69, 9.17) is 0 Å². The summed E-state index contributed by atoms with van der Waals surface area (Å²) in [5.74, 6) is -0.373. The number of hydrogen-bond donors (Lipinski definition) is 0. The Hall–Kier alpha value is -9.88. The van der Waals surface area contributed by atoms with Crippen molar-refractivity contribution in [3.05, 3.63) is 290 Å². The quantitative estimate of drug-likeness (QED) is 0.0302.